The molecule has 47 heavy (non-hydrogen) atoms. The third kappa shape index (κ3) is 7.55. The van der Waals surface area contributed by atoms with Crippen molar-refractivity contribution in [2.75, 3.05) is 14.1 Å². The van der Waals surface area contributed by atoms with Gasteiger partial charge in [-0.05, 0) is 98.9 Å². The highest BCUT2D eigenvalue weighted by Crippen LogP contribution is 2.32. The second-order valence-corrected chi connectivity index (χ2v) is 11.9. The number of ether oxygens (including phenoxy) is 1. The highest BCUT2D eigenvalue weighted by Gasteiger charge is 2.26. The van der Waals surface area contributed by atoms with Crippen LogP contribution in [0.3, 0.4) is 0 Å². The zero-order chi connectivity index (χ0) is 33.1. The number of nitrogens with one attached hydrogen (secondary N) is 2. The summed E-state index contributed by atoms with van der Waals surface area (Å²) in [6.07, 6.45) is 6.16. The number of halogens is 2. The molecule has 1 saturated carbocycles. The minimum absolute atomic E-state index is 0.0337. The zero-order valence-corrected chi connectivity index (χ0v) is 25.9. The predicted octanol–water partition coefficient (Wildman–Crippen LogP) is 5.71. The normalized spacial score (nSPS) is 16.3. The van der Waals surface area contributed by atoms with E-state index in [1.807, 2.05) is 37.2 Å². The minimum Gasteiger partial charge on any atom is -0.508 e. The summed E-state index contributed by atoms with van der Waals surface area (Å²) in [5, 5.41) is 16.0. The van der Waals surface area contributed by atoms with Crippen LogP contribution in [0.15, 0.2) is 79.3 Å². The molecule has 1 aliphatic carbocycles. The molecule has 1 fully saturated rings. The Hall–Kier alpha value is -5.36. The number of aromatic nitrogens is 3. The topological polar surface area (TPSA) is 121 Å². The first kappa shape index (κ1) is 31.6. The fraction of sp³-hybridized carbons (Fsp3) is 0.257. The highest BCUT2D eigenvalue weighted by atomic mass is 19.1. The molecule has 3 aromatic heterocycles. The standard InChI is InChI=1S/C35H34F2N6O4/c1-42(2)18-22-14-27(44)11-12-29(22)21-4-3-5-28(15-21)47-35-30(16-24(37)17-38-35)33(45)39-25-7-9-26(10-8-25)40-34(46)31-20-43-19-23(36)6-13-32(43)41-31/h3-6,11-17,19-20,25-26,44H,7-10,18H2,1-2H3,(H,39,45)(H,40,46)/t25-,26-. The molecular weight excluding hydrogens is 606 g/mol. The van der Waals surface area contributed by atoms with E-state index in [0.29, 0.717) is 43.6 Å². The molecule has 3 N–H and O–H groups in total. The van der Waals surface area contributed by atoms with Gasteiger partial charge in [0.1, 0.15) is 40.0 Å². The lowest BCUT2D eigenvalue weighted by atomic mass is 9.91. The SMILES string of the molecule is CN(C)Cc1cc(O)ccc1-c1cccc(Oc2ncc(F)cc2C(=O)N[C@H]2CC[C@H](NC(=O)c3cn4cc(F)ccc4n3)CC2)c1. The van der Waals surface area contributed by atoms with Crippen molar-refractivity contribution in [3.8, 4) is 28.5 Å². The van der Waals surface area contributed by atoms with E-state index in [0.717, 1.165) is 29.0 Å². The number of amides is 2. The number of phenols is 1. The number of imidazole rings is 1. The van der Waals surface area contributed by atoms with Crippen LogP contribution in [-0.4, -0.2) is 62.4 Å². The molecule has 0 unspecified atom stereocenters. The van der Waals surface area contributed by atoms with Crippen molar-refractivity contribution in [3.05, 3.63) is 108 Å². The summed E-state index contributed by atoms with van der Waals surface area (Å²) < 4.78 is 35.3. The van der Waals surface area contributed by atoms with Crippen LogP contribution >= 0.6 is 0 Å². The molecule has 0 radical (unpaired) electrons. The average Bonchev–Trinajstić information content (AvgIpc) is 3.46. The van der Waals surface area contributed by atoms with E-state index in [9.17, 15) is 23.5 Å². The second-order valence-electron chi connectivity index (χ2n) is 11.9. The Labute approximate surface area is 270 Å². The predicted molar refractivity (Wildman–Crippen MR) is 171 cm³/mol. The molecule has 2 aromatic carbocycles. The summed E-state index contributed by atoms with van der Waals surface area (Å²) in [5.41, 5.74) is 3.30. The number of pyridine rings is 2. The molecule has 1 aliphatic rings. The maximum atomic E-state index is 14.3. The Kier molecular flexibility index (Phi) is 9.12. The monoisotopic (exact) mass is 640 g/mol. The highest BCUT2D eigenvalue weighted by molar-refractivity contribution is 5.96. The smallest absolute Gasteiger partial charge is 0.271 e. The van der Waals surface area contributed by atoms with Gasteiger partial charge in [-0.1, -0.05) is 18.2 Å². The third-order valence-corrected chi connectivity index (χ3v) is 8.04. The van der Waals surface area contributed by atoms with Crippen LogP contribution in [-0.2, 0) is 6.54 Å². The van der Waals surface area contributed by atoms with Crippen LogP contribution in [0.5, 0.6) is 17.4 Å². The van der Waals surface area contributed by atoms with Gasteiger partial charge in [0.25, 0.3) is 11.8 Å². The molecule has 242 valence electrons. The third-order valence-electron chi connectivity index (χ3n) is 8.04. The van der Waals surface area contributed by atoms with Crippen molar-refractivity contribution >= 4 is 17.5 Å². The van der Waals surface area contributed by atoms with Gasteiger partial charge < -0.3 is 29.8 Å². The van der Waals surface area contributed by atoms with E-state index in [4.69, 9.17) is 4.74 Å². The fourth-order valence-electron chi connectivity index (χ4n) is 5.82. The summed E-state index contributed by atoms with van der Waals surface area (Å²) >= 11 is 0. The molecular formula is C35H34F2N6O4. The summed E-state index contributed by atoms with van der Waals surface area (Å²) in [4.78, 5) is 36.5. The van der Waals surface area contributed by atoms with Gasteiger partial charge in [0.15, 0.2) is 0 Å². The van der Waals surface area contributed by atoms with Gasteiger partial charge in [0, 0.05) is 31.0 Å². The van der Waals surface area contributed by atoms with Crippen molar-refractivity contribution in [3.63, 3.8) is 0 Å². The number of phenolic OH excluding ortho intramolecular Hbond substituents is 1. The number of fused-ring (bicyclic) bond motifs is 1. The number of benzene rings is 2. The van der Waals surface area contributed by atoms with Crippen LogP contribution in [0.2, 0.25) is 0 Å². The van der Waals surface area contributed by atoms with Crippen molar-refractivity contribution in [2.45, 2.75) is 44.3 Å². The van der Waals surface area contributed by atoms with Crippen molar-refractivity contribution in [2.24, 2.45) is 0 Å². The summed E-state index contributed by atoms with van der Waals surface area (Å²) in [6, 6.07) is 16.0. The largest absolute Gasteiger partial charge is 0.508 e. The molecule has 3 heterocycles. The molecule has 0 aliphatic heterocycles. The molecule has 12 heteroatoms. The van der Waals surface area contributed by atoms with Gasteiger partial charge in [-0.25, -0.2) is 18.7 Å². The Morgan fingerprint density at radius 1 is 0.936 bits per heavy atom. The number of hydrogen-bond donors (Lipinski definition) is 3. The lowest BCUT2D eigenvalue weighted by Crippen LogP contribution is -2.44. The van der Waals surface area contributed by atoms with Crippen LogP contribution in [0.4, 0.5) is 8.78 Å². The summed E-state index contributed by atoms with van der Waals surface area (Å²) in [7, 11) is 3.89. The number of aromatic hydroxyl groups is 1. The lowest BCUT2D eigenvalue weighted by molar-refractivity contribution is 0.0888. The number of hydrogen-bond acceptors (Lipinski definition) is 7. The van der Waals surface area contributed by atoms with Crippen LogP contribution in [0.1, 0.15) is 52.1 Å². The zero-order valence-electron chi connectivity index (χ0n) is 25.9. The van der Waals surface area contributed by atoms with Crippen molar-refractivity contribution in [1.29, 1.82) is 0 Å². The van der Waals surface area contributed by atoms with E-state index in [-0.39, 0.29) is 40.9 Å². The van der Waals surface area contributed by atoms with E-state index >= 15 is 0 Å². The number of nitrogens with zero attached hydrogens (tertiary/aromatic N) is 4. The molecule has 5 aromatic rings. The van der Waals surface area contributed by atoms with E-state index in [2.05, 4.69) is 20.6 Å². The molecule has 6 rings (SSSR count). The average molecular weight is 641 g/mol. The van der Waals surface area contributed by atoms with Gasteiger partial charge >= 0.3 is 0 Å². The first-order chi connectivity index (χ1) is 22.6. The number of rotatable bonds is 9. The first-order valence-electron chi connectivity index (χ1n) is 15.3. The lowest BCUT2D eigenvalue weighted by Gasteiger charge is -2.29. The molecule has 2 amide bonds. The van der Waals surface area contributed by atoms with Gasteiger partial charge in [0.05, 0.1) is 6.20 Å². The van der Waals surface area contributed by atoms with Gasteiger partial charge in [-0.3, -0.25) is 9.59 Å². The molecule has 0 saturated heterocycles. The fourth-order valence-corrected chi connectivity index (χ4v) is 5.82. The second kappa shape index (κ2) is 13.6. The van der Waals surface area contributed by atoms with E-state index < -0.39 is 17.5 Å². The number of carbonyl (C=O) groups excluding carboxylic acids is 2. The Morgan fingerprint density at radius 2 is 1.68 bits per heavy atom. The van der Waals surface area contributed by atoms with Gasteiger partial charge in [-0.2, -0.15) is 0 Å². The minimum atomic E-state index is -0.672. The first-order valence-corrected chi connectivity index (χ1v) is 15.3. The molecule has 10 nitrogen and oxygen atoms in total. The van der Waals surface area contributed by atoms with Crippen LogP contribution in [0, 0.1) is 11.6 Å². The van der Waals surface area contributed by atoms with Gasteiger partial charge in [-0.15, -0.1) is 0 Å². The quantitative estimate of drug-likeness (QED) is 0.189. The van der Waals surface area contributed by atoms with Crippen LogP contribution < -0.4 is 15.4 Å². The van der Waals surface area contributed by atoms with Crippen molar-refractivity contribution in [1.82, 2.24) is 29.9 Å². The maximum absolute atomic E-state index is 14.3. The van der Waals surface area contributed by atoms with Crippen molar-refractivity contribution < 1.29 is 28.2 Å². The molecule has 0 atom stereocenters. The van der Waals surface area contributed by atoms with E-state index in [1.54, 1.807) is 24.3 Å². The Bertz CT molecular complexity index is 1940. The maximum Gasteiger partial charge on any atom is 0.271 e. The molecule has 0 spiro atoms. The number of carbonyl (C=O) groups is 2. The van der Waals surface area contributed by atoms with Gasteiger partial charge in [0.2, 0.25) is 5.88 Å². The molecule has 0 bridgehead atoms. The van der Waals surface area contributed by atoms with Crippen LogP contribution in [0.25, 0.3) is 16.8 Å². The Balaban J connectivity index is 1.09. The van der Waals surface area contributed by atoms with E-state index in [1.165, 1.54) is 28.9 Å². The Morgan fingerprint density at radius 3 is 2.43 bits per heavy atom. The summed E-state index contributed by atoms with van der Waals surface area (Å²) in [6.45, 7) is 0.608. The summed E-state index contributed by atoms with van der Waals surface area (Å²) in [5.74, 6) is -1.42.